The maximum atomic E-state index is 13.1. The molecule has 0 saturated heterocycles. The quantitative estimate of drug-likeness (QED) is 0.485. The molecule has 0 aliphatic rings. The van der Waals surface area contributed by atoms with Crippen molar-refractivity contribution in [2.75, 3.05) is 16.6 Å². The van der Waals surface area contributed by atoms with Crippen LogP contribution in [0.15, 0.2) is 65.6 Å². The Labute approximate surface area is 193 Å². The normalized spacial score (nSPS) is 11.0. The van der Waals surface area contributed by atoms with Crippen LogP contribution in [0.5, 0.6) is 0 Å². The molecule has 172 valence electrons. The SMILES string of the molecule is CCOC(=O)c1cccc(NC(=O)c2ccc(C)c(S(=O)(=O)Nc3cc(C)cc(C)c3)c2)c1. The number of sulfonamides is 1. The van der Waals surface area contributed by atoms with Gasteiger partial charge in [-0.2, -0.15) is 0 Å². The summed E-state index contributed by atoms with van der Waals surface area (Å²) < 4.78 is 33.7. The molecular weight excluding hydrogens is 440 g/mol. The first-order valence-corrected chi connectivity index (χ1v) is 11.9. The molecule has 0 heterocycles. The number of esters is 1. The largest absolute Gasteiger partial charge is 0.462 e. The first-order valence-electron chi connectivity index (χ1n) is 10.4. The Bertz CT molecular complexity index is 1300. The van der Waals surface area contributed by atoms with Gasteiger partial charge in [-0.05, 0) is 86.8 Å². The average molecular weight is 467 g/mol. The molecule has 1 amide bonds. The van der Waals surface area contributed by atoms with Gasteiger partial charge in [0.1, 0.15) is 0 Å². The third-order valence-electron chi connectivity index (χ3n) is 4.85. The number of carbonyl (C=O) groups is 2. The smallest absolute Gasteiger partial charge is 0.338 e. The number of aryl methyl sites for hydroxylation is 3. The van der Waals surface area contributed by atoms with E-state index in [1.165, 1.54) is 12.1 Å². The van der Waals surface area contributed by atoms with Gasteiger partial charge in [0.15, 0.2) is 0 Å². The number of hydrogen-bond donors (Lipinski definition) is 2. The van der Waals surface area contributed by atoms with Gasteiger partial charge >= 0.3 is 5.97 Å². The fraction of sp³-hybridized carbons (Fsp3) is 0.200. The van der Waals surface area contributed by atoms with Crippen LogP contribution in [0.3, 0.4) is 0 Å². The first kappa shape index (κ1) is 24.0. The highest BCUT2D eigenvalue weighted by molar-refractivity contribution is 7.92. The Morgan fingerprint density at radius 1 is 0.848 bits per heavy atom. The lowest BCUT2D eigenvalue weighted by Gasteiger charge is -2.13. The lowest BCUT2D eigenvalue weighted by Crippen LogP contribution is -2.17. The number of nitrogens with one attached hydrogen (secondary N) is 2. The zero-order chi connectivity index (χ0) is 24.2. The van der Waals surface area contributed by atoms with Gasteiger partial charge in [-0.1, -0.05) is 18.2 Å². The molecule has 0 spiro atoms. The molecule has 0 atom stereocenters. The van der Waals surface area contributed by atoms with Crippen molar-refractivity contribution < 1.29 is 22.7 Å². The highest BCUT2D eigenvalue weighted by atomic mass is 32.2. The summed E-state index contributed by atoms with van der Waals surface area (Å²) in [5.41, 5.74) is 3.70. The van der Waals surface area contributed by atoms with E-state index in [1.54, 1.807) is 56.3 Å². The molecule has 0 unspecified atom stereocenters. The van der Waals surface area contributed by atoms with Crippen LogP contribution >= 0.6 is 0 Å². The number of rotatable bonds is 7. The van der Waals surface area contributed by atoms with Gasteiger partial charge in [0.25, 0.3) is 15.9 Å². The average Bonchev–Trinajstić information content (AvgIpc) is 2.73. The van der Waals surface area contributed by atoms with Gasteiger partial charge in [0.05, 0.1) is 17.1 Å². The Morgan fingerprint density at radius 2 is 1.55 bits per heavy atom. The van der Waals surface area contributed by atoms with Crippen LogP contribution in [0.2, 0.25) is 0 Å². The number of amides is 1. The number of carbonyl (C=O) groups excluding carboxylic acids is 2. The summed E-state index contributed by atoms with van der Waals surface area (Å²) in [6.45, 7) is 7.39. The zero-order valence-corrected chi connectivity index (χ0v) is 19.7. The van der Waals surface area contributed by atoms with Gasteiger partial charge in [0, 0.05) is 16.9 Å². The molecule has 8 heteroatoms. The summed E-state index contributed by atoms with van der Waals surface area (Å²) in [4.78, 5) is 24.8. The molecule has 0 aliphatic carbocycles. The summed E-state index contributed by atoms with van der Waals surface area (Å²) in [7, 11) is -3.92. The minimum atomic E-state index is -3.92. The molecule has 33 heavy (non-hydrogen) atoms. The molecule has 7 nitrogen and oxygen atoms in total. The number of benzene rings is 3. The van der Waals surface area contributed by atoms with Crippen molar-refractivity contribution in [3.05, 3.63) is 88.5 Å². The fourth-order valence-corrected chi connectivity index (χ4v) is 4.73. The summed E-state index contributed by atoms with van der Waals surface area (Å²) >= 11 is 0. The summed E-state index contributed by atoms with van der Waals surface area (Å²) in [6.07, 6.45) is 0. The second kappa shape index (κ2) is 9.87. The maximum Gasteiger partial charge on any atom is 0.338 e. The van der Waals surface area contributed by atoms with Gasteiger partial charge in [0.2, 0.25) is 0 Å². The third kappa shape index (κ3) is 5.98. The lowest BCUT2D eigenvalue weighted by atomic mass is 10.1. The fourth-order valence-electron chi connectivity index (χ4n) is 3.42. The van der Waals surface area contributed by atoms with Crippen molar-refractivity contribution in [3.63, 3.8) is 0 Å². The third-order valence-corrected chi connectivity index (χ3v) is 6.37. The monoisotopic (exact) mass is 466 g/mol. The summed E-state index contributed by atoms with van der Waals surface area (Å²) in [6, 6.07) is 16.3. The topological polar surface area (TPSA) is 102 Å². The number of hydrogen-bond acceptors (Lipinski definition) is 5. The predicted molar refractivity (Wildman–Crippen MR) is 128 cm³/mol. The maximum absolute atomic E-state index is 13.1. The van der Waals surface area contributed by atoms with Crippen LogP contribution in [-0.4, -0.2) is 26.9 Å². The number of anilines is 2. The van der Waals surface area contributed by atoms with Gasteiger partial charge in [-0.3, -0.25) is 9.52 Å². The van der Waals surface area contributed by atoms with E-state index in [0.717, 1.165) is 11.1 Å². The second-order valence-corrected chi connectivity index (χ2v) is 9.37. The van der Waals surface area contributed by atoms with E-state index in [-0.39, 0.29) is 17.1 Å². The second-order valence-electron chi connectivity index (χ2n) is 7.72. The summed E-state index contributed by atoms with van der Waals surface area (Å²) in [5.74, 6) is -0.992. The molecule has 0 aromatic heterocycles. The Hall–Kier alpha value is -3.65. The van der Waals surface area contributed by atoms with Gasteiger partial charge < -0.3 is 10.1 Å². The standard InChI is InChI=1S/C25H26N2O5S/c1-5-32-25(29)20-7-6-8-21(14-20)26-24(28)19-10-9-18(4)23(15-19)33(30,31)27-22-12-16(2)11-17(3)13-22/h6-15,27H,5H2,1-4H3,(H,26,28). The molecule has 2 N–H and O–H groups in total. The minimum absolute atomic E-state index is 0.00887. The van der Waals surface area contributed by atoms with E-state index in [0.29, 0.717) is 22.5 Å². The molecule has 3 aromatic carbocycles. The first-order chi connectivity index (χ1) is 15.6. The molecule has 0 fully saturated rings. The highest BCUT2D eigenvalue weighted by Gasteiger charge is 2.20. The van der Waals surface area contributed by atoms with Crippen LogP contribution < -0.4 is 10.0 Å². The van der Waals surface area contributed by atoms with Gasteiger partial charge in [-0.25, -0.2) is 13.2 Å². The van der Waals surface area contributed by atoms with Crippen LogP contribution in [0.25, 0.3) is 0 Å². The van der Waals surface area contributed by atoms with Crippen LogP contribution in [0.1, 0.15) is 44.3 Å². The molecular formula is C25H26N2O5S. The lowest BCUT2D eigenvalue weighted by molar-refractivity contribution is 0.0526. The molecule has 3 aromatic rings. The van der Waals surface area contributed by atoms with E-state index in [1.807, 2.05) is 19.9 Å². The molecule has 0 aliphatic heterocycles. The highest BCUT2D eigenvalue weighted by Crippen LogP contribution is 2.23. The van der Waals surface area contributed by atoms with Crippen molar-refractivity contribution in [1.82, 2.24) is 0 Å². The van der Waals surface area contributed by atoms with E-state index in [9.17, 15) is 18.0 Å². The van der Waals surface area contributed by atoms with Crippen molar-refractivity contribution in [2.24, 2.45) is 0 Å². The van der Waals surface area contributed by atoms with Crippen LogP contribution in [0.4, 0.5) is 11.4 Å². The Kier molecular flexibility index (Phi) is 7.18. The van der Waals surface area contributed by atoms with Crippen molar-refractivity contribution >= 4 is 33.3 Å². The molecule has 0 radical (unpaired) electrons. The number of ether oxygens (including phenoxy) is 1. The van der Waals surface area contributed by atoms with Crippen molar-refractivity contribution in [1.29, 1.82) is 0 Å². The Balaban J connectivity index is 1.85. The molecule has 0 bridgehead atoms. The van der Waals surface area contributed by atoms with Crippen molar-refractivity contribution in [3.8, 4) is 0 Å². The van der Waals surface area contributed by atoms with Crippen molar-refractivity contribution in [2.45, 2.75) is 32.6 Å². The summed E-state index contributed by atoms with van der Waals surface area (Å²) in [5, 5.41) is 2.70. The van der Waals surface area contributed by atoms with E-state index >= 15 is 0 Å². The molecule has 0 saturated carbocycles. The van der Waals surface area contributed by atoms with Crippen LogP contribution in [-0.2, 0) is 14.8 Å². The zero-order valence-electron chi connectivity index (χ0n) is 18.9. The van der Waals surface area contributed by atoms with E-state index in [4.69, 9.17) is 4.74 Å². The Morgan fingerprint density at radius 3 is 2.21 bits per heavy atom. The minimum Gasteiger partial charge on any atom is -0.462 e. The van der Waals surface area contributed by atoms with E-state index in [2.05, 4.69) is 10.0 Å². The van der Waals surface area contributed by atoms with Crippen LogP contribution in [0, 0.1) is 20.8 Å². The molecule has 3 rings (SSSR count). The van der Waals surface area contributed by atoms with E-state index < -0.39 is 21.9 Å². The predicted octanol–water partition coefficient (Wildman–Crippen LogP) is 4.84. The van der Waals surface area contributed by atoms with Gasteiger partial charge in [-0.15, -0.1) is 0 Å².